The molecule has 0 aromatic carbocycles. The number of carbonyl (C=O) groups is 1. The Morgan fingerprint density at radius 1 is 1.62 bits per heavy atom. The summed E-state index contributed by atoms with van der Waals surface area (Å²) in [6.45, 7) is 1.49. The van der Waals surface area contributed by atoms with Gasteiger partial charge in [0.2, 0.25) is 5.91 Å². The first-order valence-electron chi connectivity index (χ1n) is 5.21. The maximum absolute atomic E-state index is 11.1. The Bertz CT molecular complexity index is 354. The van der Waals surface area contributed by atoms with E-state index in [4.69, 9.17) is 5.73 Å². The summed E-state index contributed by atoms with van der Waals surface area (Å²) in [6.07, 6.45) is 2.20. The molecule has 0 atom stereocenters. The van der Waals surface area contributed by atoms with E-state index >= 15 is 0 Å². The molecule has 0 aliphatic carbocycles. The van der Waals surface area contributed by atoms with E-state index in [1.165, 1.54) is 0 Å². The minimum atomic E-state index is 0.0566. The van der Waals surface area contributed by atoms with Crippen molar-refractivity contribution in [3.8, 4) is 0 Å². The van der Waals surface area contributed by atoms with Gasteiger partial charge < -0.3 is 16.0 Å². The topological polar surface area (TPSA) is 71.2 Å². The van der Waals surface area contributed by atoms with Crippen LogP contribution in [0.2, 0.25) is 0 Å². The van der Waals surface area contributed by atoms with Gasteiger partial charge in [-0.25, -0.2) is 4.98 Å². The van der Waals surface area contributed by atoms with Crippen LogP contribution in [0.5, 0.6) is 0 Å². The SMILES string of the molecule is CNC(=O)CCN(C)Cc1ccnc(N)c1. The van der Waals surface area contributed by atoms with Crippen LogP contribution in [0, 0.1) is 0 Å². The Kier molecular flexibility index (Phi) is 4.72. The van der Waals surface area contributed by atoms with Gasteiger partial charge in [-0.2, -0.15) is 0 Å². The average Bonchev–Trinajstić information content (AvgIpc) is 2.26. The van der Waals surface area contributed by atoms with Crippen LogP contribution >= 0.6 is 0 Å². The van der Waals surface area contributed by atoms with E-state index in [1.807, 2.05) is 19.2 Å². The summed E-state index contributed by atoms with van der Waals surface area (Å²) in [5.74, 6) is 0.582. The zero-order chi connectivity index (χ0) is 12.0. The number of nitrogens with zero attached hydrogens (tertiary/aromatic N) is 2. The largest absolute Gasteiger partial charge is 0.384 e. The van der Waals surface area contributed by atoms with Crippen molar-refractivity contribution >= 4 is 11.7 Å². The summed E-state index contributed by atoms with van der Waals surface area (Å²) in [5, 5.41) is 2.60. The van der Waals surface area contributed by atoms with Crippen molar-refractivity contribution < 1.29 is 4.79 Å². The van der Waals surface area contributed by atoms with Gasteiger partial charge in [-0.15, -0.1) is 0 Å². The van der Waals surface area contributed by atoms with Crippen molar-refractivity contribution in [2.24, 2.45) is 0 Å². The monoisotopic (exact) mass is 222 g/mol. The fourth-order valence-electron chi connectivity index (χ4n) is 1.40. The summed E-state index contributed by atoms with van der Waals surface area (Å²) in [6, 6.07) is 3.77. The highest BCUT2D eigenvalue weighted by atomic mass is 16.1. The summed E-state index contributed by atoms with van der Waals surface area (Å²) in [5.41, 5.74) is 6.69. The van der Waals surface area contributed by atoms with E-state index in [-0.39, 0.29) is 5.91 Å². The van der Waals surface area contributed by atoms with Gasteiger partial charge in [0.25, 0.3) is 0 Å². The molecule has 0 unspecified atom stereocenters. The highest BCUT2D eigenvalue weighted by Gasteiger charge is 2.04. The van der Waals surface area contributed by atoms with Crippen LogP contribution < -0.4 is 11.1 Å². The van der Waals surface area contributed by atoms with E-state index < -0.39 is 0 Å². The summed E-state index contributed by atoms with van der Waals surface area (Å²) in [7, 11) is 3.62. The number of hydrogen-bond donors (Lipinski definition) is 2. The molecule has 0 aliphatic rings. The molecule has 0 aliphatic heterocycles. The van der Waals surface area contributed by atoms with E-state index in [0.29, 0.717) is 12.2 Å². The normalized spacial score (nSPS) is 10.4. The van der Waals surface area contributed by atoms with Crippen LogP contribution in [0.3, 0.4) is 0 Å². The molecule has 5 heteroatoms. The first-order valence-corrected chi connectivity index (χ1v) is 5.21. The standard InChI is InChI=1S/C11H18N4O/c1-13-11(16)4-6-15(2)8-9-3-5-14-10(12)7-9/h3,5,7H,4,6,8H2,1-2H3,(H2,12,14)(H,13,16). The van der Waals surface area contributed by atoms with Crippen molar-refractivity contribution in [3.05, 3.63) is 23.9 Å². The van der Waals surface area contributed by atoms with Crippen molar-refractivity contribution in [2.75, 3.05) is 26.4 Å². The predicted octanol–water partition coefficient (Wildman–Crippen LogP) is 0.232. The van der Waals surface area contributed by atoms with Crippen molar-refractivity contribution in [3.63, 3.8) is 0 Å². The number of anilines is 1. The predicted molar refractivity (Wildman–Crippen MR) is 63.7 cm³/mol. The molecular weight excluding hydrogens is 204 g/mol. The van der Waals surface area contributed by atoms with Crippen LogP contribution in [0.15, 0.2) is 18.3 Å². The summed E-state index contributed by atoms with van der Waals surface area (Å²) >= 11 is 0. The maximum atomic E-state index is 11.1. The lowest BCUT2D eigenvalue weighted by Gasteiger charge is -2.16. The van der Waals surface area contributed by atoms with Gasteiger partial charge in [0.15, 0.2) is 0 Å². The van der Waals surface area contributed by atoms with Crippen LogP contribution in [0.1, 0.15) is 12.0 Å². The van der Waals surface area contributed by atoms with Gasteiger partial charge in [0, 0.05) is 32.8 Å². The third-order valence-electron chi connectivity index (χ3n) is 2.30. The molecule has 0 saturated heterocycles. The summed E-state index contributed by atoms with van der Waals surface area (Å²) in [4.78, 5) is 17.1. The molecule has 1 heterocycles. The quantitative estimate of drug-likeness (QED) is 0.748. The Labute approximate surface area is 95.7 Å². The zero-order valence-corrected chi connectivity index (χ0v) is 9.73. The van der Waals surface area contributed by atoms with Gasteiger partial charge in [-0.05, 0) is 24.7 Å². The molecule has 1 amide bonds. The number of amides is 1. The van der Waals surface area contributed by atoms with Gasteiger partial charge in [-0.1, -0.05) is 0 Å². The number of hydrogen-bond acceptors (Lipinski definition) is 4. The molecule has 0 spiro atoms. The molecule has 0 saturated carbocycles. The van der Waals surface area contributed by atoms with Crippen molar-refractivity contribution in [1.29, 1.82) is 0 Å². The van der Waals surface area contributed by atoms with Crippen LogP contribution in [0.4, 0.5) is 5.82 Å². The molecule has 0 radical (unpaired) electrons. The molecule has 0 fully saturated rings. The maximum Gasteiger partial charge on any atom is 0.221 e. The third kappa shape index (κ3) is 4.27. The van der Waals surface area contributed by atoms with Crippen LogP contribution in [-0.2, 0) is 11.3 Å². The highest BCUT2D eigenvalue weighted by Crippen LogP contribution is 2.05. The first-order chi connectivity index (χ1) is 7.61. The Balaban J connectivity index is 2.39. The third-order valence-corrected chi connectivity index (χ3v) is 2.30. The molecule has 1 aromatic rings. The number of aromatic nitrogens is 1. The second-order valence-corrected chi connectivity index (χ2v) is 3.75. The number of nitrogens with two attached hydrogens (primary N) is 1. The van der Waals surface area contributed by atoms with E-state index in [0.717, 1.165) is 18.7 Å². The van der Waals surface area contributed by atoms with Crippen molar-refractivity contribution in [1.82, 2.24) is 15.2 Å². The van der Waals surface area contributed by atoms with Gasteiger partial charge in [0.05, 0.1) is 0 Å². The zero-order valence-electron chi connectivity index (χ0n) is 9.73. The van der Waals surface area contributed by atoms with E-state index in [2.05, 4.69) is 15.2 Å². The number of carbonyl (C=O) groups excluding carboxylic acids is 1. The molecular formula is C11H18N4O. The average molecular weight is 222 g/mol. The van der Waals surface area contributed by atoms with Gasteiger partial charge >= 0.3 is 0 Å². The van der Waals surface area contributed by atoms with Crippen LogP contribution in [0.25, 0.3) is 0 Å². The Hall–Kier alpha value is -1.62. The number of rotatable bonds is 5. The molecule has 88 valence electrons. The number of pyridine rings is 1. The van der Waals surface area contributed by atoms with Gasteiger partial charge in [-0.3, -0.25) is 4.79 Å². The summed E-state index contributed by atoms with van der Waals surface area (Å²) < 4.78 is 0. The highest BCUT2D eigenvalue weighted by molar-refractivity contribution is 5.75. The number of nitrogens with one attached hydrogen (secondary N) is 1. The van der Waals surface area contributed by atoms with Crippen molar-refractivity contribution in [2.45, 2.75) is 13.0 Å². The molecule has 3 N–H and O–H groups in total. The molecule has 0 bridgehead atoms. The second kappa shape index (κ2) is 6.07. The fraction of sp³-hybridized carbons (Fsp3) is 0.455. The minimum absolute atomic E-state index is 0.0566. The Morgan fingerprint density at radius 2 is 2.38 bits per heavy atom. The first kappa shape index (κ1) is 12.4. The number of nitrogen functional groups attached to an aromatic ring is 1. The molecule has 1 rings (SSSR count). The minimum Gasteiger partial charge on any atom is -0.384 e. The second-order valence-electron chi connectivity index (χ2n) is 3.75. The smallest absolute Gasteiger partial charge is 0.221 e. The lowest BCUT2D eigenvalue weighted by Crippen LogP contribution is -2.26. The van der Waals surface area contributed by atoms with E-state index in [1.54, 1.807) is 13.2 Å². The Morgan fingerprint density at radius 3 is 3.00 bits per heavy atom. The molecule has 16 heavy (non-hydrogen) atoms. The fourth-order valence-corrected chi connectivity index (χ4v) is 1.40. The van der Waals surface area contributed by atoms with Crippen LogP contribution in [-0.4, -0.2) is 36.4 Å². The molecule has 1 aromatic heterocycles. The molecule has 5 nitrogen and oxygen atoms in total. The lowest BCUT2D eigenvalue weighted by molar-refractivity contribution is -0.120. The van der Waals surface area contributed by atoms with E-state index in [9.17, 15) is 4.79 Å². The van der Waals surface area contributed by atoms with Gasteiger partial charge in [0.1, 0.15) is 5.82 Å². The lowest BCUT2D eigenvalue weighted by atomic mass is 10.2.